The van der Waals surface area contributed by atoms with Crippen molar-refractivity contribution in [3.05, 3.63) is 126 Å². The summed E-state index contributed by atoms with van der Waals surface area (Å²) in [4.78, 5) is 9.19. The van der Waals surface area contributed by atoms with Gasteiger partial charge in [-0.1, -0.05) is 97.1 Å². The van der Waals surface area contributed by atoms with Crippen LogP contribution < -0.4 is 10.1 Å². The van der Waals surface area contributed by atoms with Crippen molar-refractivity contribution in [2.75, 3.05) is 11.9 Å². The van der Waals surface area contributed by atoms with Crippen molar-refractivity contribution in [2.45, 2.75) is 12.3 Å². The van der Waals surface area contributed by atoms with Gasteiger partial charge in [0.2, 0.25) is 5.88 Å². The molecule has 0 amide bonds. The minimum absolute atomic E-state index is 0.0185. The van der Waals surface area contributed by atoms with Crippen LogP contribution in [-0.4, -0.2) is 16.5 Å². The number of nitrogens with zero attached hydrogens (tertiary/aromatic N) is 2. The number of aromatic nitrogens is 2. The second-order valence-corrected chi connectivity index (χ2v) is 8.25. The van der Waals surface area contributed by atoms with E-state index in [1.54, 1.807) is 6.33 Å². The molecule has 4 aromatic carbocycles. The fourth-order valence-electron chi connectivity index (χ4n) is 4.68. The Morgan fingerprint density at radius 2 is 1.52 bits per heavy atom. The molecule has 5 aromatic rings. The SMILES string of the molecule is c1ccc(CCNc2ncnc3c2C(c2ccccc2)c2ccc4ccccc4c2O3)cc1. The van der Waals surface area contributed by atoms with E-state index in [-0.39, 0.29) is 5.92 Å². The number of benzene rings is 4. The smallest absolute Gasteiger partial charge is 0.228 e. The van der Waals surface area contributed by atoms with E-state index < -0.39 is 0 Å². The summed E-state index contributed by atoms with van der Waals surface area (Å²) in [7, 11) is 0. The van der Waals surface area contributed by atoms with E-state index in [0.29, 0.717) is 5.88 Å². The highest BCUT2D eigenvalue weighted by Crippen LogP contribution is 2.50. The van der Waals surface area contributed by atoms with Gasteiger partial charge < -0.3 is 10.1 Å². The number of hydrogen-bond donors (Lipinski definition) is 1. The fraction of sp³-hybridized carbons (Fsp3) is 0.103. The predicted octanol–water partition coefficient (Wildman–Crippen LogP) is 6.57. The molecule has 1 N–H and O–H groups in total. The van der Waals surface area contributed by atoms with Gasteiger partial charge in [-0.15, -0.1) is 0 Å². The molecular formula is C29H23N3O. The van der Waals surface area contributed by atoms with E-state index in [2.05, 4.69) is 100 Å². The first-order valence-electron chi connectivity index (χ1n) is 11.3. The highest BCUT2D eigenvalue weighted by atomic mass is 16.5. The Labute approximate surface area is 192 Å². The number of hydrogen-bond acceptors (Lipinski definition) is 4. The molecule has 4 heteroatoms. The Morgan fingerprint density at radius 3 is 2.36 bits per heavy atom. The maximum absolute atomic E-state index is 6.46. The lowest BCUT2D eigenvalue weighted by Gasteiger charge is -2.30. The Balaban J connectivity index is 1.45. The molecule has 1 aromatic heterocycles. The molecule has 4 nitrogen and oxygen atoms in total. The van der Waals surface area contributed by atoms with Crippen molar-refractivity contribution in [1.82, 2.24) is 9.97 Å². The average Bonchev–Trinajstić information content (AvgIpc) is 2.88. The molecule has 1 aliphatic rings. The van der Waals surface area contributed by atoms with Crippen LogP contribution in [0.3, 0.4) is 0 Å². The molecule has 1 unspecified atom stereocenters. The molecule has 0 saturated carbocycles. The first-order valence-corrected chi connectivity index (χ1v) is 11.3. The average molecular weight is 430 g/mol. The van der Waals surface area contributed by atoms with Gasteiger partial charge in [-0.25, -0.2) is 9.97 Å². The summed E-state index contributed by atoms with van der Waals surface area (Å²) in [6.45, 7) is 0.777. The summed E-state index contributed by atoms with van der Waals surface area (Å²) in [5.41, 5.74) is 4.60. The van der Waals surface area contributed by atoms with Crippen LogP contribution in [-0.2, 0) is 6.42 Å². The quantitative estimate of drug-likeness (QED) is 0.337. The molecule has 0 aliphatic carbocycles. The number of rotatable bonds is 5. The second kappa shape index (κ2) is 8.40. The van der Waals surface area contributed by atoms with E-state index in [4.69, 9.17) is 4.74 Å². The molecule has 0 saturated heterocycles. The molecule has 0 bridgehead atoms. The van der Waals surface area contributed by atoms with E-state index in [1.165, 1.54) is 11.1 Å². The number of anilines is 1. The highest BCUT2D eigenvalue weighted by Gasteiger charge is 2.33. The van der Waals surface area contributed by atoms with Gasteiger partial charge >= 0.3 is 0 Å². The Hall–Kier alpha value is -4.18. The Kier molecular flexibility index (Phi) is 4.96. The van der Waals surface area contributed by atoms with Crippen LogP contribution >= 0.6 is 0 Å². The van der Waals surface area contributed by atoms with Gasteiger partial charge in [0.15, 0.2) is 0 Å². The van der Waals surface area contributed by atoms with Gasteiger partial charge in [0.25, 0.3) is 0 Å². The van der Waals surface area contributed by atoms with Crippen molar-refractivity contribution in [1.29, 1.82) is 0 Å². The summed E-state index contributed by atoms with van der Waals surface area (Å²) in [5, 5.41) is 5.81. The van der Waals surface area contributed by atoms with Crippen LogP contribution in [0.1, 0.15) is 28.2 Å². The lowest BCUT2D eigenvalue weighted by atomic mass is 9.82. The molecular weight excluding hydrogens is 406 g/mol. The summed E-state index contributed by atoms with van der Waals surface area (Å²) in [6, 6.07) is 33.7. The third-order valence-corrected chi connectivity index (χ3v) is 6.24. The lowest BCUT2D eigenvalue weighted by molar-refractivity contribution is 0.438. The first-order chi connectivity index (χ1) is 16.4. The standard InChI is InChI=1S/C29H23N3O/c1-3-9-20(10-4-1)17-18-30-28-26-25(22-12-5-2-6-13-22)24-16-15-21-11-7-8-14-23(21)27(24)33-29(26)32-19-31-28/h1-16,19,25H,17-18H2,(H,30,31,32). The van der Waals surface area contributed by atoms with Crippen molar-refractivity contribution in [2.24, 2.45) is 0 Å². The van der Waals surface area contributed by atoms with E-state index in [9.17, 15) is 0 Å². The molecule has 1 atom stereocenters. The summed E-state index contributed by atoms with van der Waals surface area (Å²) >= 11 is 0. The predicted molar refractivity (Wildman–Crippen MR) is 132 cm³/mol. The van der Waals surface area contributed by atoms with Crippen LogP contribution in [0.15, 0.2) is 103 Å². The maximum atomic E-state index is 6.46. The zero-order valence-corrected chi connectivity index (χ0v) is 18.1. The largest absolute Gasteiger partial charge is 0.438 e. The van der Waals surface area contributed by atoms with Crippen LogP contribution in [0.4, 0.5) is 5.82 Å². The summed E-state index contributed by atoms with van der Waals surface area (Å²) < 4.78 is 6.46. The number of ether oxygens (including phenoxy) is 1. The monoisotopic (exact) mass is 429 g/mol. The van der Waals surface area contributed by atoms with E-state index in [0.717, 1.165) is 46.4 Å². The second-order valence-electron chi connectivity index (χ2n) is 8.25. The molecule has 0 radical (unpaired) electrons. The molecule has 160 valence electrons. The van der Waals surface area contributed by atoms with Crippen molar-refractivity contribution < 1.29 is 4.74 Å². The third kappa shape index (κ3) is 3.60. The van der Waals surface area contributed by atoms with Crippen LogP contribution in [0, 0.1) is 0 Å². The van der Waals surface area contributed by atoms with Crippen molar-refractivity contribution >= 4 is 16.6 Å². The Morgan fingerprint density at radius 1 is 0.758 bits per heavy atom. The number of fused-ring (bicyclic) bond motifs is 4. The zero-order chi connectivity index (χ0) is 22.0. The van der Waals surface area contributed by atoms with E-state index >= 15 is 0 Å². The van der Waals surface area contributed by atoms with Gasteiger partial charge in [-0.3, -0.25) is 0 Å². The van der Waals surface area contributed by atoms with Crippen LogP contribution in [0.2, 0.25) is 0 Å². The normalized spacial score (nSPS) is 14.2. The topological polar surface area (TPSA) is 47.0 Å². The van der Waals surface area contributed by atoms with Crippen molar-refractivity contribution in [3.8, 4) is 11.6 Å². The summed E-state index contributed by atoms with van der Waals surface area (Å²) in [6.07, 6.45) is 2.50. The molecule has 2 heterocycles. The molecule has 33 heavy (non-hydrogen) atoms. The van der Waals surface area contributed by atoms with Crippen molar-refractivity contribution in [3.63, 3.8) is 0 Å². The maximum Gasteiger partial charge on any atom is 0.228 e. The lowest BCUT2D eigenvalue weighted by Crippen LogP contribution is -2.18. The van der Waals surface area contributed by atoms with Crippen LogP contribution in [0.5, 0.6) is 11.6 Å². The van der Waals surface area contributed by atoms with Gasteiger partial charge in [0, 0.05) is 23.4 Å². The Bertz CT molecular complexity index is 1420. The van der Waals surface area contributed by atoms with Gasteiger partial charge in [-0.05, 0) is 22.9 Å². The first kappa shape index (κ1) is 19.5. The van der Waals surface area contributed by atoms with Gasteiger partial charge in [0.1, 0.15) is 17.9 Å². The van der Waals surface area contributed by atoms with E-state index in [1.807, 2.05) is 12.1 Å². The minimum atomic E-state index is -0.0185. The minimum Gasteiger partial charge on any atom is -0.438 e. The van der Waals surface area contributed by atoms with Gasteiger partial charge in [-0.2, -0.15) is 0 Å². The third-order valence-electron chi connectivity index (χ3n) is 6.24. The summed E-state index contributed by atoms with van der Waals surface area (Å²) in [5.74, 6) is 2.30. The highest BCUT2D eigenvalue weighted by molar-refractivity contribution is 5.91. The van der Waals surface area contributed by atoms with Crippen LogP contribution in [0.25, 0.3) is 10.8 Å². The zero-order valence-electron chi connectivity index (χ0n) is 18.1. The molecule has 1 aliphatic heterocycles. The molecule has 0 fully saturated rings. The number of nitrogens with one attached hydrogen (secondary N) is 1. The molecule has 0 spiro atoms. The van der Waals surface area contributed by atoms with Gasteiger partial charge in [0.05, 0.1) is 5.56 Å². The molecule has 6 rings (SSSR count). The fourth-order valence-corrected chi connectivity index (χ4v) is 4.68.